The molecule has 69 heavy (non-hydrogen) atoms. The molecule has 0 amide bonds. The first-order valence-electron chi connectivity index (χ1n) is 23.9. The molecule has 0 spiro atoms. The smallest absolute Gasteiger partial charge is 0.135 e. The monoisotopic (exact) mass is 881 g/mol. The number of fused-ring (bicyclic) bond motifs is 9. The molecule has 0 saturated heterocycles. The number of anilines is 3. The highest BCUT2D eigenvalue weighted by molar-refractivity contribution is 5.99. The van der Waals surface area contributed by atoms with Crippen molar-refractivity contribution in [2.75, 3.05) is 4.90 Å². The summed E-state index contributed by atoms with van der Waals surface area (Å²) in [4.78, 5) is 2.39. The number of hydrogen-bond donors (Lipinski definition) is 0. The van der Waals surface area contributed by atoms with Gasteiger partial charge in [0.25, 0.3) is 0 Å². The minimum Gasteiger partial charge on any atom is -0.456 e. The Morgan fingerprint density at radius 2 is 0.710 bits per heavy atom. The molecule has 1 aliphatic heterocycles. The van der Waals surface area contributed by atoms with Gasteiger partial charge in [0.05, 0.1) is 0 Å². The molecule has 2 heteroatoms. The molecular weight excluding hydrogens is 835 g/mol. The summed E-state index contributed by atoms with van der Waals surface area (Å²) in [5, 5.41) is 2.35. The Morgan fingerprint density at radius 1 is 0.275 bits per heavy atom. The molecule has 0 atom stereocenters. The van der Waals surface area contributed by atoms with Gasteiger partial charge in [-0.15, -0.1) is 0 Å². The molecular formula is C67H47NO. The molecule has 326 valence electrons. The first-order chi connectivity index (χ1) is 33.9. The molecule has 1 aliphatic carbocycles. The lowest BCUT2D eigenvalue weighted by Gasteiger charge is -2.28. The zero-order valence-corrected chi connectivity index (χ0v) is 38.5. The second kappa shape index (κ2) is 16.3. The van der Waals surface area contributed by atoms with E-state index in [2.05, 4.69) is 267 Å². The van der Waals surface area contributed by atoms with Crippen LogP contribution < -0.4 is 9.64 Å². The third-order valence-electron chi connectivity index (χ3n) is 14.5. The van der Waals surface area contributed by atoms with E-state index in [-0.39, 0.29) is 5.41 Å². The quantitative estimate of drug-likeness (QED) is 0.158. The van der Waals surface area contributed by atoms with Crippen molar-refractivity contribution >= 4 is 27.8 Å². The molecule has 0 unspecified atom stereocenters. The van der Waals surface area contributed by atoms with Gasteiger partial charge < -0.3 is 9.64 Å². The van der Waals surface area contributed by atoms with E-state index >= 15 is 0 Å². The van der Waals surface area contributed by atoms with Gasteiger partial charge in [0.2, 0.25) is 0 Å². The third kappa shape index (κ3) is 7.03. The second-order valence-corrected chi connectivity index (χ2v) is 18.9. The Bertz CT molecular complexity index is 3740. The van der Waals surface area contributed by atoms with Gasteiger partial charge in [-0.2, -0.15) is 0 Å². The van der Waals surface area contributed by atoms with Crippen LogP contribution in [0.25, 0.3) is 88.7 Å². The Morgan fingerprint density at radius 3 is 1.36 bits per heavy atom. The predicted octanol–water partition coefficient (Wildman–Crippen LogP) is 18.7. The standard InChI is InChI=1S/C67H47NO/c1-67(2)63-20-12-11-19-58(63)59-37-35-56(43-64(59)67)68(54-31-25-47(26-32-54)44-13-5-3-6-14-44)55-33-27-48(28-34-55)46-21-23-49(24-22-46)53-30-38-65-61(41-53)57-36-29-52(45-15-7-4-8-16-45)39-60(57)62-40-50-17-9-10-18-51(50)42-66(62)69-65/h3-43H,1-2H3. The summed E-state index contributed by atoms with van der Waals surface area (Å²) in [6.45, 7) is 4.70. The highest BCUT2D eigenvalue weighted by Crippen LogP contribution is 2.52. The van der Waals surface area contributed by atoms with Crippen molar-refractivity contribution in [2.24, 2.45) is 0 Å². The van der Waals surface area contributed by atoms with Gasteiger partial charge >= 0.3 is 0 Å². The normalized spacial score (nSPS) is 12.7. The maximum atomic E-state index is 6.85. The van der Waals surface area contributed by atoms with Crippen molar-refractivity contribution in [3.05, 3.63) is 260 Å². The maximum Gasteiger partial charge on any atom is 0.135 e. The van der Waals surface area contributed by atoms with Crippen LogP contribution >= 0.6 is 0 Å². The van der Waals surface area contributed by atoms with E-state index in [0.29, 0.717) is 0 Å². The molecule has 0 N–H and O–H groups in total. The summed E-state index contributed by atoms with van der Waals surface area (Å²) in [6, 6.07) is 90.5. The van der Waals surface area contributed by atoms with Crippen LogP contribution in [-0.2, 0) is 5.41 Å². The van der Waals surface area contributed by atoms with Crippen LogP contribution in [-0.4, -0.2) is 0 Å². The minimum absolute atomic E-state index is 0.106. The largest absolute Gasteiger partial charge is 0.456 e. The van der Waals surface area contributed by atoms with Crippen LogP contribution in [0.1, 0.15) is 25.0 Å². The van der Waals surface area contributed by atoms with Crippen LogP contribution in [0.2, 0.25) is 0 Å². The van der Waals surface area contributed by atoms with E-state index in [9.17, 15) is 0 Å². The van der Waals surface area contributed by atoms with E-state index in [1.807, 2.05) is 0 Å². The molecule has 0 fully saturated rings. The minimum atomic E-state index is -0.106. The van der Waals surface area contributed by atoms with Crippen molar-refractivity contribution in [1.82, 2.24) is 0 Å². The maximum absolute atomic E-state index is 6.85. The third-order valence-corrected chi connectivity index (χ3v) is 14.5. The average molecular weight is 882 g/mol. The van der Waals surface area contributed by atoms with E-state index in [1.165, 1.54) is 66.6 Å². The van der Waals surface area contributed by atoms with Gasteiger partial charge in [0.15, 0.2) is 0 Å². The summed E-state index contributed by atoms with van der Waals surface area (Å²) in [5.41, 5.74) is 22.6. The Labute approximate surface area is 404 Å². The number of rotatable bonds is 7. The van der Waals surface area contributed by atoms with E-state index in [4.69, 9.17) is 4.74 Å². The number of benzene rings is 11. The van der Waals surface area contributed by atoms with Crippen LogP contribution in [0.15, 0.2) is 249 Å². The molecule has 11 aromatic carbocycles. The number of ether oxygens (including phenoxy) is 1. The van der Waals surface area contributed by atoms with Gasteiger partial charge in [0.1, 0.15) is 11.5 Å². The molecule has 2 aliphatic rings. The van der Waals surface area contributed by atoms with Crippen LogP contribution in [0.4, 0.5) is 17.1 Å². The van der Waals surface area contributed by atoms with Crippen molar-refractivity contribution in [3.8, 4) is 89.4 Å². The fourth-order valence-electron chi connectivity index (χ4n) is 10.8. The van der Waals surface area contributed by atoms with Gasteiger partial charge in [-0.05, 0) is 155 Å². The van der Waals surface area contributed by atoms with Crippen LogP contribution in [0.3, 0.4) is 0 Å². The van der Waals surface area contributed by atoms with Crippen molar-refractivity contribution < 1.29 is 4.74 Å². The molecule has 13 rings (SSSR count). The van der Waals surface area contributed by atoms with Crippen LogP contribution in [0, 0.1) is 0 Å². The predicted molar refractivity (Wildman–Crippen MR) is 289 cm³/mol. The Kier molecular flexibility index (Phi) is 9.55. The molecule has 0 aromatic heterocycles. The SMILES string of the molecule is CC1(C)c2ccccc2-c2ccc(N(c3ccc(-c4ccccc4)cc3)c3ccc(-c4ccc(-c5ccc6c(c5)-c5ccc(-c7ccccc7)cc5-c5cc7ccccc7cc5O6)cc4)cc3)cc21. The van der Waals surface area contributed by atoms with Crippen LogP contribution in [0.5, 0.6) is 11.5 Å². The lowest BCUT2D eigenvalue weighted by molar-refractivity contribution is 0.488. The lowest BCUT2D eigenvalue weighted by atomic mass is 9.82. The topological polar surface area (TPSA) is 12.5 Å². The summed E-state index contributed by atoms with van der Waals surface area (Å²) in [6.07, 6.45) is 0. The average Bonchev–Trinajstić information content (AvgIpc) is 3.55. The Hall–Kier alpha value is -8.72. The molecule has 0 bridgehead atoms. The van der Waals surface area contributed by atoms with Crippen molar-refractivity contribution in [3.63, 3.8) is 0 Å². The highest BCUT2D eigenvalue weighted by Gasteiger charge is 2.36. The second-order valence-electron chi connectivity index (χ2n) is 18.9. The van der Waals surface area contributed by atoms with E-state index in [1.54, 1.807) is 0 Å². The van der Waals surface area contributed by atoms with Crippen molar-refractivity contribution in [1.29, 1.82) is 0 Å². The van der Waals surface area contributed by atoms with Gasteiger partial charge in [-0.25, -0.2) is 0 Å². The molecule has 2 nitrogen and oxygen atoms in total. The van der Waals surface area contributed by atoms with Crippen molar-refractivity contribution in [2.45, 2.75) is 19.3 Å². The Balaban J connectivity index is 0.837. The highest BCUT2D eigenvalue weighted by atomic mass is 16.5. The lowest BCUT2D eigenvalue weighted by Crippen LogP contribution is -2.16. The fourth-order valence-corrected chi connectivity index (χ4v) is 10.8. The summed E-state index contributed by atoms with van der Waals surface area (Å²) in [7, 11) is 0. The molecule has 11 aromatic rings. The first kappa shape index (κ1) is 40.5. The zero-order chi connectivity index (χ0) is 46.1. The summed E-state index contributed by atoms with van der Waals surface area (Å²) in [5.74, 6) is 1.72. The molecule has 0 saturated carbocycles. The van der Waals surface area contributed by atoms with Gasteiger partial charge in [-0.1, -0.05) is 196 Å². The zero-order valence-electron chi connectivity index (χ0n) is 38.5. The van der Waals surface area contributed by atoms with E-state index in [0.717, 1.165) is 61.8 Å². The number of nitrogens with zero attached hydrogens (tertiary/aromatic N) is 1. The first-order valence-corrected chi connectivity index (χ1v) is 23.9. The van der Waals surface area contributed by atoms with Gasteiger partial charge in [0, 0.05) is 33.6 Å². The van der Waals surface area contributed by atoms with E-state index < -0.39 is 0 Å². The summed E-state index contributed by atoms with van der Waals surface area (Å²) < 4.78 is 6.85. The molecule has 1 heterocycles. The molecule has 0 radical (unpaired) electrons. The summed E-state index contributed by atoms with van der Waals surface area (Å²) >= 11 is 0. The fraction of sp³-hybridized carbons (Fsp3) is 0.0448. The van der Waals surface area contributed by atoms with Gasteiger partial charge in [-0.3, -0.25) is 0 Å². The number of hydrogen-bond acceptors (Lipinski definition) is 2.